The molecule has 0 aromatic rings. The summed E-state index contributed by atoms with van der Waals surface area (Å²) in [4.78, 5) is 13.7. The highest BCUT2D eigenvalue weighted by atomic mass is 16.5. The number of rotatable bonds is 12. The number of hydrogen-bond acceptors (Lipinski definition) is 3. The van der Waals surface area contributed by atoms with E-state index in [9.17, 15) is 4.79 Å². The number of hydrogen-bond donors (Lipinski definition) is 0. The lowest BCUT2D eigenvalue weighted by atomic mass is 10.1. The Hall–Kier alpha value is -0.570. The van der Waals surface area contributed by atoms with Crippen LogP contribution in [-0.2, 0) is 9.53 Å². The molecular formula is C15H31NO2. The molecule has 18 heavy (non-hydrogen) atoms. The van der Waals surface area contributed by atoms with Crippen LogP contribution in [0.3, 0.4) is 0 Å². The van der Waals surface area contributed by atoms with Crippen molar-refractivity contribution in [1.29, 1.82) is 0 Å². The molecule has 0 spiro atoms. The molecule has 0 aliphatic carbocycles. The predicted octanol–water partition coefficient (Wildman–Crippen LogP) is 3.62. The third-order valence-electron chi connectivity index (χ3n) is 3.30. The molecule has 0 saturated heterocycles. The Morgan fingerprint density at radius 3 is 2.17 bits per heavy atom. The van der Waals surface area contributed by atoms with Gasteiger partial charge in [-0.3, -0.25) is 4.79 Å². The fourth-order valence-electron chi connectivity index (χ4n) is 1.95. The molecule has 0 saturated carbocycles. The minimum absolute atomic E-state index is 0.0300. The molecule has 0 aromatic carbocycles. The first-order valence-corrected chi connectivity index (χ1v) is 7.62. The first kappa shape index (κ1) is 17.4. The van der Waals surface area contributed by atoms with E-state index in [1.165, 1.54) is 25.7 Å². The highest BCUT2D eigenvalue weighted by molar-refractivity contribution is 5.69. The lowest BCUT2D eigenvalue weighted by Crippen LogP contribution is -2.27. The zero-order chi connectivity index (χ0) is 13.6. The van der Waals surface area contributed by atoms with E-state index in [0.717, 1.165) is 32.5 Å². The van der Waals surface area contributed by atoms with Crippen LogP contribution < -0.4 is 0 Å². The van der Waals surface area contributed by atoms with E-state index in [0.29, 0.717) is 13.0 Å². The summed E-state index contributed by atoms with van der Waals surface area (Å²) in [7, 11) is 0. The average molecular weight is 257 g/mol. The summed E-state index contributed by atoms with van der Waals surface area (Å²) in [5.74, 6) is -0.0300. The van der Waals surface area contributed by atoms with Gasteiger partial charge in [0.2, 0.25) is 0 Å². The fraction of sp³-hybridized carbons (Fsp3) is 0.933. The van der Waals surface area contributed by atoms with Crippen molar-refractivity contribution >= 4 is 5.97 Å². The van der Waals surface area contributed by atoms with Crippen LogP contribution in [-0.4, -0.2) is 37.1 Å². The summed E-state index contributed by atoms with van der Waals surface area (Å²) in [6.45, 7) is 9.90. The first-order chi connectivity index (χ1) is 8.74. The van der Waals surface area contributed by atoms with Gasteiger partial charge in [0.1, 0.15) is 6.61 Å². The minimum Gasteiger partial charge on any atom is -0.464 e. The Kier molecular flexibility index (Phi) is 12.5. The second-order valence-electron chi connectivity index (χ2n) is 4.77. The van der Waals surface area contributed by atoms with Crippen molar-refractivity contribution in [2.45, 2.75) is 65.7 Å². The van der Waals surface area contributed by atoms with Gasteiger partial charge in [0.25, 0.3) is 0 Å². The van der Waals surface area contributed by atoms with Gasteiger partial charge in [-0.05, 0) is 19.5 Å². The summed E-state index contributed by atoms with van der Waals surface area (Å²) in [6.07, 6.45) is 7.86. The van der Waals surface area contributed by atoms with Crippen LogP contribution in [0.2, 0.25) is 0 Å². The number of nitrogens with zero attached hydrogens (tertiary/aromatic N) is 1. The third kappa shape index (κ3) is 10.6. The maximum Gasteiger partial charge on any atom is 0.305 e. The van der Waals surface area contributed by atoms with Gasteiger partial charge in [-0.25, -0.2) is 0 Å². The number of carbonyl (C=O) groups excluding carboxylic acids is 1. The molecule has 0 aliphatic rings. The van der Waals surface area contributed by atoms with E-state index < -0.39 is 0 Å². The number of esters is 1. The molecule has 3 heteroatoms. The predicted molar refractivity (Wildman–Crippen MR) is 76.7 cm³/mol. The second-order valence-corrected chi connectivity index (χ2v) is 4.77. The van der Waals surface area contributed by atoms with Gasteiger partial charge in [-0.15, -0.1) is 0 Å². The molecule has 0 rings (SSSR count). The number of likely N-dealkylation sites (N-methyl/N-ethyl adjacent to an activating group) is 1. The van der Waals surface area contributed by atoms with Gasteiger partial charge < -0.3 is 9.64 Å². The summed E-state index contributed by atoms with van der Waals surface area (Å²) < 4.78 is 5.22. The van der Waals surface area contributed by atoms with E-state index in [4.69, 9.17) is 4.74 Å². The zero-order valence-electron chi connectivity index (χ0n) is 12.5. The molecule has 0 aromatic heterocycles. The van der Waals surface area contributed by atoms with E-state index in [-0.39, 0.29) is 5.97 Å². The minimum atomic E-state index is -0.0300. The Morgan fingerprint density at radius 2 is 1.56 bits per heavy atom. The van der Waals surface area contributed by atoms with Gasteiger partial charge in [0.15, 0.2) is 0 Å². The summed E-state index contributed by atoms with van der Waals surface area (Å²) in [5.41, 5.74) is 0. The Balaban J connectivity index is 3.32. The molecule has 0 fully saturated rings. The maximum atomic E-state index is 11.4. The van der Waals surface area contributed by atoms with Gasteiger partial charge in [0, 0.05) is 13.0 Å². The highest BCUT2D eigenvalue weighted by Crippen LogP contribution is 2.07. The van der Waals surface area contributed by atoms with Crippen molar-refractivity contribution in [3.8, 4) is 0 Å². The average Bonchev–Trinajstić information content (AvgIpc) is 2.39. The lowest BCUT2D eigenvalue weighted by Gasteiger charge is -2.17. The van der Waals surface area contributed by atoms with Crippen molar-refractivity contribution in [3.05, 3.63) is 0 Å². The Labute approximate surface area is 113 Å². The van der Waals surface area contributed by atoms with Crippen LogP contribution in [0, 0.1) is 0 Å². The molecule has 0 bridgehead atoms. The van der Waals surface area contributed by atoms with Gasteiger partial charge in [-0.2, -0.15) is 0 Å². The van der Waals surface area contributed by atoms with Crippen molar-refractivity contribution in [2.75, 3.05) is 26.2 Å². The monoisotopic (exact) mass is 257 g/mol. The SMILES string of the molecule is CCCCCCCCC(=O)OCCN(CC)CC. The van der Waals surface area contributed by atoms with Gasteiger partial charge in [-0.1, -0.05) is 52.9 Å². The molecule has 0 aliphatic heterocycles. The second kappa shape index (κ2) is 12.9. The van der Waals surface area contributed by atoms with E-state index in [1.54, 1.807) is 0 Å². The smallest absolute Gasteiger partial charge is 0.305 e. The van der Waals surface area contributed by atoms with Crippen molar-refractivity contribution in [1.82, 2.24) is 4.90 Å². The Morgan fingerprint density at radius 1 is 0.944 bits per heavy atom. The highest BCUT2D eigenvalue weighted by Gasteiger charge is 2.04. The number of ether oxygens (including phenoxy) is 1. The number of unbranched alkanes of at least 4 members (excludes halogenated alkanes) is 5. The number of carbonyl (C=O) groups is 1. The molecule has 0 atom stereocenters. The van der Waals surface area contributed by atoms with Crippen LogP contribution in [0.25, 0.3) is 0 Å². The molecular weight excluding hydrogens is 226 g/mol. The van der Waals surface area contributed by atoms with Crippen molar-refractivity contribution in [3.63, 3.8) is 0 Å². The molecule has 0 N–H and O–H groups in total. The van der Waals surface area contributed by atoms with E-state index >= 15 is 0 Å². The standard InChI is InChI=1S/C15H31NO2/c1-4-7-8-9-10-11-12-15(17)18-14-13-16(5-2)6-3/h4-14H2,1-3H3. The Bertz CT molecular complexity index is 191. The molecule has 108 valence electrons. The largest absolute Gasteiger partial charge is 0.464 e. The third-order valence-corrected chi connectivity index (χ3v) is 3.30. The van der Waals surface area contributed by atoms with E-state index in [2.05, 4.69) is 25.7 Å². The molecule has 0 amide bonds. The van der Waals surface area contributed by atoms with Crippen LogP contribution >= 0.6 is 0 Å². The lowest BCUT2D eigenvalue weighted by molar-refractivity contribution is -0.144. The van der Waals surface area contributed by atoms with Crippen LogP contribution in [0.1, 0.15) is 65.7 Å². The fourth-order valence-corrected chi connectivity index (χ4v) is 1.95. The molecule has 0 radical (unpaired) electrons. The topological polar surface area (TPSA) is 29.5 Å². The van der Waals surface area contributed by atoms with Crippen LogP contribution in [0.15, 0.2) is 0 Å². The van der Waals surface area contributed by atoms with Gasteiger partial charge >= 0.3 is 5.97 Å². The summed E-state index contributed by atoms with van der Waals surface area (Å²) >= 11 is 0. The summed E-state index contributed by atoms with van der Waals surface area (Å²) in [6, 6.07) is 0. The zero-order valence-corrected chi connectivity index (χ0v) is 12.5. The summed E-state index contributed by atoms with van der Waals surface area (Å²) in [5, 5.41) is 0. The van der Waals surface area contributed by atoms with Crippen molar-refractivity contribution < 1.29 is 9.53 Å². The van der Waals surface area contributed by atoms with E-state index in [1.807, 2.05) is 0 Å². The molecule has 3 nitrogen and oxygen atoms in total. The molecule has 0 unspecified atom stereocenters. The normalized spacial score (nSPS) is 10.9. The van der Waals surface area contributed by atoms with Crippen molar-refractivity contribution in [2.24, 2.45) is 0 Å². The van der Waals surface area contributed by atoms with Crippen LogP contribution in [0.4, 0.5) is 0 Å². The first-order valence-electron chi connectivity index (χ1n) is 7.62. The van der Waals surface area contributed by atoms with Gasteiger partial charge in [0.05, 0.1) is 0 Å². The molecule has 0 heterocycles. The van der Waals surface area contributed by atoms with Crippen LogP contribution in [0.5, 0.6) is 0 Å². The quantitative estimate of drug-likeness (QED) is 0.395. The maximum absolute atomic E-state index is 11.4.